The second-order valence-corrected chi connectivity index (χ2v) is 5.34. The average molecular weight is 287 g/mol. The lowest BCUT2D eigenvalue weighted by Gasteiger charge is -2.30. The number of benzene rings is 2. The van der Waals surface area contributed by atoms with E-state index in [0.29, 0.717) is 22.8 Å². The normalized spacial score (nSPS) is 13.9. The maximum Gasteiger partial charge on any atom is 0.259 e. The van der Waals surface area contributed by atoms with E-state index in [1.54, 1.807) is 17.0 Å². The number of halogens is 1. The first kappa shape index (κ1) is 13.0. The minimum absolute atomic E-state index is 0.0675. The molecule has 3 nitrogen and oxygen atoms in total. The third-order valence-electron chi connectivity index (χ3n) is 3.58. The van der Waals surface area contributed by atoms with E-state index in [4.69, 9.17) is 17.3 Å². The Labute approximate surface area is 123 Å². The van der Waals surface area contributed by atoms with Gasteiger partial charge < -0.3 is 10.6 Å². The molecule has 0 saturated heterocycles. The summed E-state index contributed by atoms with van der Waals surface area (Å²) in [6, 6.07) is 12.9. The van der Waals surface area contributed by atoms with Crippen molar-refractivity contribution in [2.24, 2.45) is 0 Å². The quantitative estimate of drug-likeness (QED) is 0.816. The predicted octanol–water partition coefficient (Wildman–Crippen LogP) is 3.52. The molecular formula is C16H15ClN2O. The molecule has 4 heteroatoms. The van der Waals surface area contributed by atoms with Crippen molar-refractivity contribution >= 4 is 28.9 Å². The monoisotopic (exact) mass is 286 g/mol. The van der Waals surface area contributed by atoms with Crippen molar-refractivity contribution in [3.63, 3.8) is 0 Å². The number of nitrogens with two attached hydrogens (primary N) is 1. The maximum atomic E-state index is 12.7. The second kappa shape index (κ2) is 5.17. The number of fused-ring (bicyclic) bond motifs is 1. The maximum absolute atomic E-state index is 12.7. The lowest BCUT2D eigenvalue weighted by Crippen LogP contribution is -2.35. The van der Waals surface area contributed by atoms with E-state index in [1.165, 1.54) is 0 Å². The van der Waals surface area contributed by atoms with Gasteiger partial charge in [0.2, 0.25) is 0 Å². The average Bonchev–Trinajstić information content (AvgIpc) is 2.46. The molecule has 0 spiro atoms. The summed E-state index contributed by atoms with van der Waals surface area (Å²) >= 11 is 6.12. The number of aryl methyl sites for hydroxylation is 1. The van der Waals surface area contributed by atoms with Crippen LogP contribution in [0.5, 0.6) is 0 Å². The largest absolute Gasteiger partial charge is 0.399 e. The van der Waals surface area contributed by atoms with Gasteiger partial charge in [-0.3, -0.25) is 4.79 Å². The summed E-state index contributed by atoms with van der Waals surface area (Å²) in [7, 11) is 0. The molecule has 0 radical (unpaired) electrons. The highest BCUT2D eigenvalue weighted by molar-refractivity contribution is 6.34. The highest BCUT2D eigenvalue weighted by Gasteiger charge is 2.24. The fraction of sp³-hybridized carbons (Fsp3) is 0.188. The van der Waals surface area contributed by atoms with Crippen molar-refractivity contribution in [1.82, 2.24) is 0 Å². The molecule has 102 valence electrons. The molecule has 0 saturated carbocycles. The zero-order valence-corrected chi connectivity index (χ0v) is 11.7. The minimum atomic E-state index is -0.0675. The molecule has 20 heavy (non-hydrogen) atoms. The molecule has 0 aromatic heterocycles. The third kappa shape index (κ3) is 2.25. The highest BCUT2D eigenvalue weighted by Crippen LogP contribution is 2.31. The van der Waals surface area contributed by atoms with Crippen molar-refractivity contribution in [1.29, 1.82) is 0 Å². The van der Waals surface area contributed by atoms with Crippen LogP contribution < -0.4 is 10.6 Å². The molecule has 2 N–H and O–H groups in total. The molecule has 1 aliphatic rings. The number of amides is 1. The van der Waals surface area contributed by atoms with Crippen LogP contribution in [0.15, 0.2) is 42.5 Å². The minimum Gasteiger partial charge on any atom is -0.399 e. The van der Waals surface area contributed by atoms with Crippen LogP contribution in [0.4, 0.5) is 11.4 Å². The molecule has 0 atom stereocenters. The fourth-order valence-electron chi connectivity index (χ4n) is 2.58. The van der Waals surface area contributed by atoms with Crippen molar-refractivity contribution in [2.75, 3.05) is 17.2 Å². The van der Waals surface area contributed by atoms with E-state index in [-0.39, 0.29) is 5.91 Å². The summed E-state index contributed by atoms with van der Waals surface area (Å²) in [5.41, 5.74) is 9.11. The molecule has 0 unspecified atom stereocenters. The number of nitrogens with zero attached hydrogens (tertiary/aromatic N) is 1. The van der Waals surface area contributed by atoms with E-state index in [2.05, 4.69) is 0 Å². The van der Waals surface area contributed by atoms with Crippen molar-refractivity contribution in [3.05, 3.63) is 58.6 Å². The van der Waals surface area contributed by atoms with Crippen LogP contribution in [0.1, 0.15) is 22.3 Å². The smallest absolute Gasteiger partial charge is 0.259 e. The molecule has 1 aliphatic heterocycles. The van der Waals surface area contributed by atoms with Crippen LogP contribution in [0.2, 0.25) is 5.02 Å². The van der Waals surface area contributed by atoms with Crippen LogP contribution in [-0.4, -0.2) is 12.5 Å². The van der Waals surface area contributed by atoms with Gasteiger partial charge in [-0.15, -0.1) is 0 Å². The van der Waals surface area contributed by atoms with Crippen molar-refractivity contribution in [3.8, 4) is 0 Å². The molecule has 0 bridgehead atoms. The first-order valence-corrected chi connectivity index (χ1v) is 6.99. The van der Waals surface area contributed by atoms with Gasteiger partial charge in [0, 0.05) is 17.9 Å². The Kier molecular flexibility index (Phi) is 3.36. The van der Waals surface area contributed by atoms with Gasteiger partial charge in [0.15, 0.2) is 0 Å². The Hall–Kier alpha value is -2.00. The summed E-state index contributed by atoms with van der Waals surface area (Å²) in [5, 5.41) is 0.480. The van der Waals surface area contributed by atoms with Crippen LogP contribution in [0.25, 0.3) is 0 Å². The Morgan fingerprint density at radius 3 is 2.80 bits per heavy atom. The first-order chi connectivity index (χ1) is 9.66. The number of nitrogen functional groups attached to an aromatic ring is 1. The SMILES string of the molecule is Nc1ccc2c(c1)N(C(=O)c1ccccc1Cl)CCC2. The lowest BCUT2D eigenvalue weighted by molar-refractivity contribution is 0.0985. The van der Waals surface area contributed by atoms with E-state index in [9.17, 15) is 4.79 Å². The third-order valence-corrected chi connectivity index (χ3v) is 3.91. The topological polar surface area (TPSA) is 46.3 Å². The van der Waals surface area contributed by atoms with Gasteiger partial charge in [0.05, 0.1) is 10.6 Å². The summed E-state index contributed by atoms with van der Waals surface area (Å²) in [5.74, 6) is -0.0675. The van der Waals surface area contributed by atoms with Gasteiger partial charge in [-0.1, -0.05) is 29.8 Å². The Morgan fingerprint density at radius 2 is 2.00 bits per heavy atom. The summed E-state index contributed by atoms with van der Waals surface area (Å²) in [6.07, 6.45) is 1.93. The van der Waals surface area contributed by atoms with Gasteiger partial charge in [0.25, 0.3) is 5.91 Å². The summed E-state index contributed by atoms with van der Waals surface area (Å²) < 4.78 is 0. The van der Waals surface area contributed by atoms with E-state index >= 15 is 0 Å². The van der Waals surface area contributed by atoms with Crippen LogP contribution in [0.3, 0.4) is 0 Å². The molecule has 3 rings (SSSR count). The van der Waals surface area contributed by atoms with Crippen LogP contribution in [-0.2, 0) is 6.42 Å². The molecule has 0 aliphatic carbocycles. The number of hydrogen-bond donors (Lipinski definition) is 1. The van der Waals surface area contributed by atoms with E-state index in [1.807, 2.05) is 30.3 Å². The van der Waals surface area contributed by atoms with Crippen molar-refractivity contribution < 1.29 is 4.79 Å². The fourth-order valence-corrected chi connectivity index (χ4v) is 2.80. The van der Waals surface area contributed by atoms with Gasteiger partial charge >= 0.3 is 0 Å². The summed E-state index contributed by atoms with van der Waals surface area (Å²) in [4.78, 5) is 14.5. The van der Waals surface area contributed by atoms with Gasteiger partial charge in [-0.25, -0.2) is 0 Å². The Morgan fingerprint density at radius 1 is 1.20 bits per heavy atom. The molecular weight excluding hydrogens is 272 g/mol. The van der Waals surface area contributed by atoms with Gasteiger partial charge in [-0.2, -0.15) is 0 Å². The zero-order valence-electron chi connectivity index (χ0n) is 11.0. The molecule has 0 fully saturated rings. The Bertz CT molecular complexity index is 669. The number of carbonyl (C=O) groups excluding carboxylic acids is 1. The van der Waals surface area contributed by atoms with Crippen LogP contribution in [0, 0.1) is 0 Å². The first-order valence-electron chi connectivity index (χ1n) is 6.61. The van der Waals surface area contributed by atoms with Gasteiger partial charge in [-0.05, 0) is 42.7 Å². The zero-order chi connectivity index (χ0) is 14.1. The molecule has 2 aromatic rings. The van der Waals surface area contributed by atoms with E-state index < -0.39 is 0 Å². The summed E-state index contributed by atoms with van der Waals surface area (Å²) in [6.45, 7) is 0.695. The van der Waals surface area contributed by atoms with Crippen LogP contribution >= 0.6 is 11.6 Å². The second-order valence-electron chi connectivity index (χ2n) is 4.93. The lowest BCUT2D eigenvalue weighted by atomic mass is 10.00. The molecule has 1 amide bonds. The number of rotatable bonds is 1. The predicted molar refractivity (Wildman–Crippen MR) is 82.3 cm³/mol. The van der Waals surface area contributed by atoms with E-state index in [0.717, 1.165) is 24.1 Å². The number of carbonyl (C=O) groups is 1. The Balaban J connectivity index is 2.03. The highest BCUT2D eigenvalue weighted by atomic mass is 35.5. The number of anilines is 2. The number of hydrogen-bond acceptors (Lipinski definition) is 2. The van der Waals surface area contributed by atoms with Gasteiger partial charge in [0.1, 0.15) is 0 Å². The standard InChI is InChI=1S/C16H15ClN2O/c17-14-6-2-1-5-13(14)16(20)19-9-3-4-11-7-8-12(18)10-15(11)19/h1-2,5-8,10H,3-4,9,18H2. The van der Waals surface area contributed by atoms with Crippen molar-refractivity contribution in [2.45, 2.75) is 12.8 Å². The molecule has 2 aromatic carbocycles. The molecule has 1 heterocycles.